The Bertz CT molecular complexity index is 1290. The summed E-state index contributed by atoms with van der Waals surface area (Å²) in [5, 5.41) is 8.15. The number of nitrogens with two attached hydrogens (primary N) is 2. The first-order valence-corrected chi connectivity index (χ1v) is 16.9. The minimum absolute atomic E-state index is 0.0148. The van der Waals surface area contributed by atoms with Gasteiger partial charge in [0.2, 0.25) is 5.91 Å². The van der Waals surface area contributed by atoms with E-state index < -0.39 is 47.4 Å². The summed E-state index contributed by atoms with van der Waals surface area (Å²) >= 11 is 0. The van der Waals surface area contributed by atoms with Gasteiger partial charge in [-0.15, -0.1) is 0 Å². The van der Waals surface area contributed by atoms with Crippen molar-refractivity contribution in [2.75, 3.05) is 13.1 Å². The Labute approximate surface area is 283 Å². The molecule has 1 saturated carbocycles. The highest BCUT2D eigenvalue weighted by molar-refractivity contribution is 5.93. The van der Waals surface area contributed by atoms with Gasteiger partial charge in [-0.05, 0) is 77.3 Å². The number of hydrogen-bond acceptors (Lipinski definition) is 9. The van der Waals surface area contributed by atoms with Crippen LogP contribution in [0.2, 0.25) is 0 Å². The van der Waals surface area contributed by atoms with Gasteiger partial charge in [-0.1, -0.05) is 38.1 Å². The Balaban J connectivity index is 1.61. The number of urea groups is 1. The molecule has 1 heterocycles. The molecule has 4 amide bonds. The number of rotatable bonds is 16. The summed E-state index contributed by atoms with van der Waals surface area (Å²) in [7, 11) is 0. The van der Waals surface area contributed by atoms with E-state index in [0.29, 0.717) is 25.8 Å². The molecule has 0 aromatic heterocycles. The maximum atomic E-state index is 13.7. The molecular formula is C35H55N5O8. The molecule has 1 aromatic rings. The van der Waals surface area contributed by atoms with Gasteiger partial charge in [-0.25, -0.2) is 9.59 Å². The molecule has 1 unspecified atom stereocenters. The van der Waals surface area contributed by atoms with Gasteiger partial charge in [0.15, 0.2) is 11.6 Å². The van der Waals surface area contributed by atoms with Crippen LogP contribution in [0, 0.1) is 17.8 Å². The number of amides is 4. The average molecular weight is 674 g/mol. The zero-order valence-electron chi connectivity index (χ0n) is 29.4. The minimum Gasteiger partial charge on any atom is -0.444 e. The lowest BCUT2D eigenvalue weighted by Crippen LogP contribution is -2.47. The van der Waals surface area contributed by atoms with Crippen molar-refractivity contribution in [1.82, 2.24) is 16.0 Å². The first kappa shape index (κ1) is 38.9. The Morgan fingerprint density at radius 3 is 2.23 bits per heavy atom. The predicted molar refractivity (Wildman–Crippen MR) is 180 cm³/mol. The van der Waals surface area contributed by atoms with Gasteiger partial charge in [0.1, 0.15) is 17.5 Å². The third-order valence-corrected chi connectivity index (χ3v) is 8.69. The fraction of sp³-hybridized carbons (Fsp3) is 0.686. The normalized spacial score (nSPS) is 22.8. The minimum atomic E-state index is -0.835. The maximum Gasteiger partial charge on any atom is 0.407 e. The number of ether oxygens (including phenoxy) is 3. The molecule has 13 nitrogen and oxygen atoms in total. The van der Waals surface area contributed by atoms with E-state index >= 15 is 0 Å². The highest BCUT2D eigenvalue weighted by atomic mass is 16.8. The van der Waals surface area contributed by atoms with E-state index in [2.05, 4.69) is 16.0 Å². The fourth-order valence-electron chi connectivity index (χ4n) is 6.23. The SMILES string of the molecule is CC(C)[C@@H](CC(=O)[C@H]1C[C@@H]2OC(C)(C)O[C@@H]2[C@@H]1N)C(=O)NC(CCCNC(N)=O)C(=O)Cc1ccc(CCNC(=O)OC(C)(C)C)cc1. The second-order valence-electron chi connectivity index (χ2n) is 14.7. The van der Waals surface area contributed by atoms with Crippen molar-refractivity contribution in [1.29, 1.82) is 0 Å². The van der Waals surface area contributed by atoms with Gasteiger partial charge in [0.05, 0.1) is 12.1 Å². The highest BCUT2D eigenvalue weighted by Gasteiger charge is 2.54. The smallest absolute Gasteiger partial charge is 0.407 e. The molecule has 2 fully saturated rings. The monoisotopic (exact) mass is 673 g/mol. The summed E-state index contributed by atoms with van der Waals surface area (Å²) in [5.41, 5.74) is 12.8. The first-order valence-electron chi connectivity index (χ1n) is 16.9. The molecule has 6 atom stereocenters. The first-order chi connectivity index (χ1) is 22.3. The highest BCUT2D eigenvalue weighted by Crippen LogP contribution is 2.41. The Morgan fingerprint density at radius 1 is 1.00 bits per heavy atom. The third kappa shape index (κ3) is 11.9. The van der Waals surface area contributed by atoms with Crippen LogP contribution in [0.15, 0.2) is 24.3 Å². The van der Waals surface area contributed by atoms with Crippen LogP contribution in [0.1, 0.15) is 85.3 Å². The van der Waals surface area contributed by atoms with Gasteiger partial charge in [-0.3, -0.25) is 14.4 Å². The molecule has 1 aromatic carbocycles. The number of carbonyl (C=O) groups excluding carboxylic acids is 5. The van der Waals surface area contributed by atoms with E-state index in [1.165, 1.54) is 0 Å². The van der Waals surface area contributed by atoms with Crippen molar-refractivity contribution in [3.05, 3.63) is 35.4 Å². The van der Waals surface area contributed by atoms with Gasteiger partial charge in [-0.2, -0.15) is 0 Å². The second-order valence-corrected chi connectivity index (χ2v) is 14.7. The van der Waals surface area contributed by atoms with Crippen LogP contribution in [0.4, 0.5) is 9.59 Å². The third-order valence-electron chi connectivity index (χ3n) is 8.69. The Morgan fingerprint density at radius 2 is 1.65 bits per heavy atom. The van der Waals surface area contributed by atoms with Crippen LogP contribution >= 0.6 is 0 Å². The van der Waals surface area contributed by atoms with Crippen LogP contribution in [0.25, 0.3) is 0 Å². The van der Waals surface area contributed by atoms with Crippen LogP contribution in [-0.2, 0) is 41.4 Å². The number of Topliss-reactive ketones (excluding diaryl/α,β-unsaturated/α-hetero) is 2. The Hall–Kier alpha value is -3.55. The summed E-state index contributed by atoms with van der Waals surface area (Å²) in [5.74, 6) is -2.79. The van der Waals surface area contributed by atoms with Gasteiger partial charge >= 0.3 is 12.1 Å². The predicted octanol–water partition coefficient (Wildman–Crippen LogP) is 2.90. The molecule has 3 rings (SSSR count). The van der Waals surface area contributed by atoms with Crippen LogP contribution in [0.3, 0.4) is 0 Å². The summed E-state index contributed by atoms with van der Waals surface area (Å²) in [6.45, 7) is 13.4. The zero-order chi connectivity index (χ0) is 35.8. The lowest BCUT2D eigenvalue weighted by molar-refractivity contribution is -0.158. The topological polar surface area (TPSA) is 201 Å². The number of nitrogens with one attached hydrogen (secondary N) is 3. The lowest BCUT2D eigenvalue weighted by Gasteiger charge is -2.27. The van der Waals surface area contributed by atoms with Gasteiger partial charge < -0.3 is 41.6 Å². The number of alkyl carbamates (subject to hydrolysis) is 1. The van der Waals surface area contributed by atoms with Gasteiger partial charge in [0, 0.05) is 43.8 Å². The molecule has 268 valence electrons. The fourth-order valence-corrected chi connectivity index (χ4v) is 6.23. The number of primary amides is 1. The van der Waals surface area contributed by atoms with E-state index in [1.54, 1.807) is 20.8 Å². The molecule has 13 heteroatoms. The molecule has 48 heavy (non-hydrogen) atoms. The largest absolute Gasteiger partial charge is 0.444 e. The van der Waals surface area contributed by atoms with Crippen molar-refractivity contribution in [3.63, 3.8) is 0 Å². The molecule has 1 aliphatic heterocycles. The molecule has 0 spiro atoms. The number of benzene rings is 1. The van der Waals surface area contributed by atoms with Crippen molar-refractivity contribution >= 4 is 29.6 Å². The standard InChI is InChI=1S/C35H55N5O8/c1-20(2)23(18-26(41)24-19-28-30(29(24)36)47-35(6,7)46-28)31(43)40-25(9-8-15-38-32(37)44)27(42)17-22-12-10-21(11-13-22)14-16-39-33(45)48-34(3,4)5/h10-13,20,23-25,28-30H,8-9,14-19,36H2,1-7H3,(H,39,45)(H,40,43)(H3,37,38,44)/t23-,24-,25?,28+,29-,30+/m1/s1. The zero-order valence-corrected chi connectivity index (χ0v) is 29.4. The summed E-state index contributed by atoms with van der Waals surface area (Å²) in [6, 6.07) is 5.44. The maximum absolute atomic E-state index is 13.7. The summed E-state index contributed by atoms with van der Waals surface area (Å²) < 4.78 is 17.1. The molecule has 0 radical (unpaired) electrons. The van der Waals surface area contributed by atoms with Crippen molar-refractivity contribution in [2.45, 2.75) is 123 Å². The molecule has 0 bridgehead atoms. The van der Waals surface area contributed by atoms with Crippen molar-refractivity contribution in [2.24, 2.45) is 29.2 Å². The summed E-state index contributed by atoms with van der Waals surface area (Å²) in [4.78, 5) is 63.7. The van der Waals surface area contributed by atoms with E-state index in [-0.39, 0.29) is 61.4 Å². The second kappa shape index (κ2) is 16.7. The number of ketones is 2. The average Bonchev–Trinajstić information content (AvgIpc) is 3.44. The van der Waals surface area contributed by atoms with Crippen molar-refractivity contribution < 1.29 is 38.2 Å². The summed E-state index contributed by atoms with van der Waals surface area (Å²) in [6.07, 6.45) is 0.640. The number of hydrogen-bond donors (Lipinski definition) is 5. The molecule has 1 saturated heterocycles. The number of carbonyl (C=O) groups is 5. The molecule has 1 aliphatic carbocycles. The molecule has 7 N–H and O–H groups in total. The van der Waals surface area contributed by atoms with E-state index in [0.717, 1.165) is 11.1 Å². The van der Waals surface area contributed by atoms with Crippen LogP contribution in [-0.4, -0.2) is 78.4 Å². The van der Waals surface area contributed by atoms with Crippen LogP contribution in [0.5, 0.6) is 0 Å². The van der Waals surface area contributed by atoms with Crippen molar-refractivity contribution in [3.8, 4) is 0 Å². The molecular weight excluding hydrogens is 618 g/mol. The lowest BCUT2D eigenvalue weighted by atomic mass is 9.84. The Kier molecular flexibility index (Phi) is 13.5. The van der Waals surface area contributed by atoms with E-state index in [4.69, 9.17) is 25.7 Å². The van der Waals surface area contributed by atoms with E-state index in [1.807, 2.05) is 52.0 Å². The van der Waals surface area contributed by atoms with Crippen LogP contribution < -0.4 is 27.4 Å². The van der Waals surface area contributed by atoms with Gasteiger partial charge in [0.25, 0.3) is 0 Å². The quantitative estimate of drug-likeness (QED) is 0.164. The number of fused-ring (bicyclic) bond motifs is 1. The molecule has 2 aliphatic rings. The van der Waals surface area contributed by atoms with E-state index in [9.17, 15) is 24.0 Å².